The number of rotatable bonds is 4. The molecule has 1 atom stereocenters. The zero-order chi connectivity index (χ0) is 15.4. The summed E-state index contributed by atoms with van der Waals surface area (Å²) < 4.78 is 11.7. The second kappa shape index (κ2) is 6.61. The van der Waals surface area contributed by atoms with Gasteiger partial charge in [0.15, 0.2) is 0 Å². The van der Waals surface area contributed by atoms with E-state index in [9.17, 15) is 5.11 Å². The van der Waals surface area contributed by atoms with Gasteiger partial charge in [-0.3, -0.25) is 0 Å². The van der Waals surface area contributed by atoms with Gasteiger partial charge in [0.2, 0.25) is 0 Å². The summed E-state index contributed by atoms with van der Waals surface area (Å²) in [5.41, 5.74) is 1.09. The molecule has 0 saturated carbocycles. The Kier molecular flexibility index (Phi) is 4.84. The predicted octanol–water partition coefficient (Wildman–Crippen LogP) is 4.17. The van der Waals surface area contributed by atoms with Gasteiger partial charge in [0.05, 0.1) is 29.3 Å². The van der Waals surface area contributed by atoms with Crippen molar-refractivity contribution in [2.45, 2.75) is 13.0 Å². The Morgan fingerprint density at radius 2 is 1.95 bits per heavy atom. The van der Waals surface area contributed by atoms with E-state index >= 15 is 0 Å². The largest absolute Gasteiger partial charge is 0.497 e. The molecule has 1 N–H and O–H groups in total. The smallest absolute Gasteiger partial charge is 0.141 e. The third-order valence-electron chi connectivity index (χ3n) is 2.95. The molecule has 0 aliphatic carbocycles. The van der Waals surface area contributed by atoms with Gasteiger partial charge in [-0.15, -0.1) is 0 Å². The van der Waals surface area contributed by atoms with Crippen LogP contribution in [0.4, 0.5) is 0 Å². The van der Waals surface area contributed by atoms with Crippen LogP contribution in [0.5, 0.6) is 17.2 Å². The SMILES string of the molecule is COc1ccc(Oc2cc(C#N)ccc2[C@@H](C)O)c(Br)c1. The van der Waals surface area contributed by atoms with Crippen LogP contribution in [0.3, 0.4) is 0 Å². The van der Waals surface area contributed by atoms with E-state index in [1.54, 1.807) is 50.4 Å². The summed E-state index contributed by atoms with van der Waals surface area (Å²) in [6.07, 6.45) is -0.690. The van der Waals surface area contributed by atoms with Crippen LogP contribution in [0.1, 0.15) is 24.2 Å². The molecule has 4 nitrogen and oxygen atoms in total. The lowest BCUT2D eigenvalue weighted by Gasteiger charge is -2.15. The molecule has 0 radical (unpaired) electrons. The zero-order valence-corrected chi connectivity index (χ0v) is 13.2. The molecule has 0 aliphatic rings. The summed E-state index contributed by atoms with van der Waals surface area (Å²) in [6.45, 7) is 1.65. The molecule has 2 aromatic carbocycles. The lowest BCUT2D eigenvalue weighted by atomic mass is 10.1. The molecule has 0 aliphatic heterocycles. The second-order valence-electron chi connectivity index (χ2n) is 4.44. The van der Waals surface area contributed by atoms with E-state index in [0.717, 1.165) is 4.47 Å². The van der Waals surface area contributed by atoms with Crippen molar-refractivity contribution in [1.29, 1.82) is 5.26 Å². The average molecular weight is 348 g/mol. The van der Waals surface area contributed by atoms with Crippen LogP contribution < -0.4 is 9.47 Å². The van der Waals surface area contributed by atoms with Gasteiger partial charge in [-0.2, -0.15) is 5.26 Å². The van der Waals surface area contributed by atoms with E-state index in [1.165, 1.54) is 0 Å². The van der Waals surface area contributed by atoms with Gasteiger partial charge in [0, 0.05) is 5.56 Å². The highest BCUT2D eigenvalue weighted by Gasteiger charge is 2.13. The number of hydrogen-bond acceptors (Lipinski definition) is 4. The minimum absolute atomic E-state index is 0.454. The number of nitrogens with zero attached hydrogens (tertiary/aromatic N) is 1. The van der Waals surface area contributed by atoms with Crippen LogP contribution in [0.25, 0.3) is 0 Å². The van der Waals surface area contributed by atoms with Crippen molar-refractivity contribution in [3.8, 4) is 23.3 Å². The Morgan fingerprint density at radius 3 is 2.52 bits per heavy atom. The minimum atomic E-state index is -0.690. The highest BCUT2D eigenvalue weighted by atomic mass is 79.9. The third-order valence-corrected chi connectivity index (χ3v) is 3.57. The Bertz CT molecular complexity index is 692. The number of benzene rings is 2. The number of ether oxygens (including phenoxy) is 2. The fourth-order valence-corrected chi connectivity index (χ4v) is 2.29. The Balaban J connectivity index is 2.40. The van der Waals surface area contributed by atoms with E-state index in [0.29, 0.717) is 28.4 Å². The summed E-state index contributed by atoms with van der Waals surface area (Å²) in [4.78, 5) is 0. The Labute approximate surface area is 131 Å². The van der Waals surface area contributed by atoms with Crippen LogP contribution >= 0.6 is 15.9 Å². The van der Waals surface area contributed by atoms with E-state index < -0.39 is 6.10 Å². The minimum Gasteiger partial charge on any atom is -0.497 e. The topological polar surface area (TPSA) is 62.5 Å². The van der Waals surface area contributed by atoms with Gasteiger partial charge in [-0.05, 0) is 53.2 Å². The molecule has 0 heterocycles. The molecule has 0 unspecified atom stereocenters. The standard InChI is InChI=1S/C16H14BrNO3/c1-10(19)13-5-3-11(9-18)7-16(13)21-15-6-4-12(20-2)8-14(15)17/h3-8,10,19H,1-2H3/t10-/m1/s1. The van der Waals surface area contributed by atoms with Gasteiger partial charge in [0.1, 0.15) is 17.2 Å². The zero-order valence-electron chi connectivity index (χ0n) is 11.6. The fourth-order valence-electron chi connectivity index (χ4n) is 1.85. The van der Waals surface area contributed by atoms with E-state index in [4.69, 9.17) is 14.7 Å². The van der Waals surface area contributed by atoms with Gasteiger partial charge < -0.3 is 14.6 Å². The first-order valence-electron chi connectivity index (χ1n) is 6.28. The summed E-state index contributed by atoms with van der Waals surface area (Å²) in [6, 6.07) is 12.3. The molecule has 0 amide bonds. The highest BCUT2D eigenvalue weighted by molar-refractivity contribution is 9.10. The van der Waals surface area contributed by atoms with Crippen molar-refractivity contribution in [2.24, 2.45) is 0 Å². The van der Waals surface area contributed by atoms with Crippen molar-refractivity contribution >= 4 is 15.9 Å². The molecule has 0 bridgehead atoms. The van der Waals surface area contributed by atoms with Crippen molar-refractivity contribution in [2.75, 3.05) is 7.11 Å². The summed E-state index contributed by atoms with van der Waals surface area (Å²) in [5, 5.41) is 18.8. The molecular formula is C16H14BrNO3. The van der Waals surface area contributed by atoms with Crippen LogP contribution in [0.15, 0.2) is 40.9 Å². The first kappa shape index (κ1) is 15.4. The van der Waals surface area contributed by atoms with Crippen LogP contribution in [-0.4, -0.2) is 12.2 Å². The van der Waals surface area contributed by atoms with Crippen LogP contribution in [-0.2, 0) is 0 Å². The molecule has 0 aromatic heterocycles. The van der Waals surface area contributed by atoms with Crippen molar-refractivity contribution in [3.05, 3.63) is 52.0 Å². The maximum absolute atomic E-state index is 9.80. The number of aliphatic hydroxyl groups excluding tert-OH is 1. The van der Waals surface area contributed by atoms with Gasteiger partial charge in [-0.1, -0.05) is 6.07 Å². The van der Waals surface area contributed by atoms with Crippen molar-refractivity contribution in [1.82, 2.24) is 0 Å². The average Bonchev–Trinajstić information content (AvgIpc) is 2.48. The third kappa shape index (κ3) is 3.54. The van der Waals surface area contributed by atoms with Gasteiger partial charge in [-0.25, -0.2) is 0 Å². The monoisotopic (exact) mass is 347 g/mol. The maximum Gasteiger partial charge on any atom is 0.141 e. The normalized spacial score (nSPS) is 11.6. The van der Waals surface area contributed by atoms with E-state index in [1.807, 2.05) is 0 Å². The molecule has 5 heteroatoms. The molecule has 2 aromatic rings. The van der Waals surface area contributed by atoms with Crippen LogP contribution in [0.2, 0.25) is 0 Å². The number of nitriles is 1. The lowest BCUT2D eigenvalue weighted by Crippen LogP contribution is -1.97. The molecule has 0 saturated heterocycles. The molecule has 0 fully saturated rings. The molecule has 108 valence electrons. The summed E-state index contributed by atoms with van der Waals surface area (Å²) in [5.74, 6) is 1.73. The summed E-state index contributed by atoms with van der Waals surface area (Å²) in [7, 11) is 1.59. The van der Waals surface area contributed by atoms with Crippen molar-refractivity contribution in [3.63, 3.8) is 0 Å². The second-order valence-corrected chi connectivity index (χ2v) is 5.29. The number of halogens is 1. The van der Waals surface area contributed by atoms with Gasteiger partial charge >= 0.3 is 0 Å². The first-order chi connectivity index (χ1) is 10.0. The molecule has 2 rings (SSSR count). The quantitative estimate of drug-likeness (QED) is 0.901. The lowest BCUT2D eigenvalue weighted by molar-refractivity contribution is 0.195. The van der Waals surface area contributed by atoms with Crippen LogP contribution in [0, 0.1) is 11.3 Å². The Hall–Kier alpha value is -2.03. The molecule has 0 spiro atoms. The predicted molar refractivity (Wildman–Crippen MR) is 82.6 cm³/mol. The maximum atomic E-state index is 9.80. The van der Waals surface area contributed by atoms with Gasteiger partial charge in [0.25, 0.3) is 0 Å². The van der Waals surface area contributed by atoms with E-state index in [2.05, 4.69) is 22.0 Å². The summed E-state index contributed by atoms with van der Waals surface area (Å²) >= 11 is 3.41. The fraction of sp³-hybridized carbons (Fsp3) is 0.188. The molecular weight excluding hydrogens is 334 g/mol. The number of methoxy groups -OCH3 is 1. The first-order valence-corrected chi connectivity index (χ1v) is 7.08. The van der Waals surface area contributed by atoms with Crippen molar-refractivity contribution < 1.29 is 14.6 Å². The highest BCUT2D eigenvalue weighted by Crippen LogP contribution is 2.36. The van der Waals surface area contributed by atoms with E-state index in [-0.39, 0.29) is 0 Å². The molecule has 21 heavy (non-hydrogen) atoms. The number of hydrogen-bond donors (Lipinski definition) is 1. The Morgan fingerprint density at radius 1 is 1.19 bits per heavy atom. The number of aliphatic hydroxyl groups is 1.